The summed E-state index contributed by atoms with van der Waals surface area (Å²) in [4.78, 5) is 23.4. The number of nitriles is 1. The molecule has 0 radical (unpaired) electrons. The fourth-order valence-corrected chi connectivity index (χ4v) is 4.55. The van der Waals surface area contributed by atoms with Crippen LogP contribution < -0.4 is 0 Å². The molecule has 144 valence electrons. The summed E-state index contributed by atoms with van der Waals surface area (Å²) in [6, 6.07) is 10.4. The maximum Gasteiger partial charge on any atom is 0.236 e. The van der Waals surface area contributed by atoms with Crippen molar-refractivity contribution in [2.75, 3.05) is 39.8 Å². The molecule has 1 aromatic carbocycles. The Balaban J connectivity index is 1.49. The van der Waals surface area contributed by atoms with Crippen molar-refractivity contribution in [3.05, 3.63) is 29.3 Å². The lowest BCUT2D eigenvalue weighted by molar-refractivity contribution is -0.134. The van der Waals surface area contributed by atoms with Gasteiger partial charge in [-0.3, -0.25) is 14.6 Å². The maximum atomic E-state index is 12.6. The summed E-state index contributed by atoms with van der Waals surface area (Å²) < 4.78 is 1.18. The van der Waals surface area contributed by atoms with Crippen molar-refractivity contribution >= 4 is 27.5 Å². The summed E-state index contributed by atoms with van der Waals surface area (Å²) in [6.07, 6.45) is 0. The van der Waals surface area contributed by atoms with Gasteiger partial charge in [-0.25, -0.2) is 4.98 Å². The van der Waals surface area contributed by atoms with Crippen LogP contribution >= 0.6 is 11.3 Å². The SMILES string of the molecule is CC(C)C(C#N)N1CCN(C(=O)CN(C)Cc2nc3ccccc3s2)CC1. The highest BCUT2D eigenvalue weighted by molar-refractivity contribution is 7.18. The number of hydrogen-bond donors (Lipinski definition) is 0. The molecule has 1 atom stereocenters. The van der Waals surface area contributed by atoms with Crippen LogP contribution in [-0.4, -0.2) is 71.4 Å². The topological polar surface area (TPSA) is 63.5 Å². The number of fused-ring (bicyclic) bond motifs is 1. The molecule has 0 saturated carbocycles. The Morgan fingerprint density at radius 2 is 2.00 bits per heavy atom. The number of piperazine rings is 1. The summed E-state index contributed by atoms with van der Waals surface area (Å²) >= 11 is 1.68. The van der Waals surface area contributed by atoms with Crippen LogP contribution in [0, 0.1) is 17.2 Å². The molecule has 0 N–H and O–H groups in total. The van der Waals surface area contributed by atoms with Crippen LogP contribution in [0.3, 0.4) is 0 Å². The minimum Gasteiger partial charge on any atom is -0.339 e. The van der Waals surface area contributed by atoms with Crippen molar-refractivity contribution in [3.63, 3.8) is 0 Å². The Kier molecular flexibility index (Phi) is 6.42. The molecule has 2 aromatic rings. The number of likely N-dealkylation sites (N-methyl/N-ethyl adjacent to an activating group) is 1. The lowest BCUT2D eigenvalue weighted by Crippen LogP contribution is -2.54. The third-order valence-corrected chi connectivity index (χ3v) is 5.99. The predicted octanol–water partition coefficient (Wildman–Crippen LogP) is 2.42. The Morgan fingerprint density at radius 1 is 1.30 bits per heavy atom. The smallest absolute Gasteiger partial charge is 0.236 e. The molecule has 1 unspecified atom stereocenters. The van der Waals surface area contributed by atoms with Gasteiger partial charge < -0.3 is 4.90 Å². The third kappa shape index (κ3) is 4.83. The predicted molar refractivity (Wildman–Crippen MR) is 108 cm³/mol. The van der Waals surface area contributed by atoms with Crippen LogP contribution in [0.5, 0.6) is 0 Å². The lowest BCUT2D eigenvalue weighted by Gasteiger charge is -2.38. The van der Waals surface area contributed by atoms with Gasteiger partial charge in [0.1, 0.15) is 11.0 Å². The van der Waals surface area contributed by atoms with E-state index in [9.17, 15) is 10.1 Å². The van der Waals surface area contributed by atoms with Gasteiger partial charge >= 0.3 is 0 Å². The molecule has 1 aromatic heterocycles. The Bertz CT molecular complexity index is 786. The van der Waals surface area contributed by atoms with Crippen LogP contribution in [0.25, 0.3) is 10.2 Å². The number of amides is 1. The molecule has 7 heteroatoms. The third-order valence-electron chi connectivity index (χ3n) is 4.97. The first kappa shape index (κ1) is 19.7. The molecule has 1 saturated heterocycles. The molecule has 0 bridgehead atoms. The number of hydrogen-bond acceptors (Lipinski definition) is 6. The standard InChI is InChI=1S/C20H27N5OS/c1-15(2)17(12-21)24-8-10-25(11-9-24)20(26)14-23(3)13-19-22-16-6-4-5-7-18(16)27-19/h4-7,15,17H,8-11,13-14H2,1-3H3. The van der Waals surface area contributed by atoms with Gasteiger partial charge in [0.25, 0.3) is 0 Å². The zero-order valence-corrected chi connectivity index (χ0v) is 17.1. The van der Waals surface area contributed by atoms with E-state index in [4.69, 9.17) is 0 Å². The van der Waals surface area contributed by atoms with E-state index in [2.05, 4.69) is 35.9 Å². The summed E-state index contributed by atoms with van der Waals surface area (Å²) in [5.41, 5.74) is 1.02. The fraction of sp³-hybridized carbons (Fsp3) is 0.550. The first-order valence-corrected chi connectivity index (χ1v) is 10.2. The number of benzene rings is 1. The highest BCUT2D eigenvalue weighted by atomic mass is 32.1. The van der Waals surface area contributed by atoms with Crippen LogP contribution in [0.15, 0.2) is 24.3 Å². The zero-order valence-electron chi connectivity index (χ0n) is 16.3. The van der Waals surface area contributed by atoms with Crippen molar-refractivity contribution in [3.8, 4) is 6.07 Å². The average Bonchev–Trinajstić information content (AvgIpc) is 3.04. The molecule has 0 aliphatic carbocycles. The number of nitrogens with zero attached hydrogens (tertiary/aromatic N) is 5. The largest absolute Gasteiger partial charge is 0.339 e. The van der Waals surface area contributed by atoms with Gasteiger partial charge in [-0.2, -0.15) is 5.26 Å². The van der Waals surface area contributed by atoms with E-state index in [1.165, 1.54) is 4.70 Å². The fourth-order valence-electron chi connectivity index (χ4n) is 3.51. The van der Waals surface area contributed by atoms with E-state index >= 15 is 0 Å². The summed E-state index contributed by atoms with van der Waals surface area (Å²) in [6.45, 7) is 8.13. The molecular formula is C20H27N5OS. The highest BCUT2D eigenvalue weighted by Gasteiger charge is 2.28. The molecule has 1 amide bonds. The van der Waals surface area contributed by atoms with Gasteiger partial charge in [0.2, 0.25) is 5.91 Å². The van der Waals surface area contributed by atoms with E-state index < -0.39 is 0 Å². The van der Waals surface area contributed by atoms with Gasteiger partial charge in [0, 0.05) is 26.2 Å². The van der Waals surface area contributed by atoms with Gasteiger partial charge in [-0.1, -0.05) is 26.0 Å². The molecule has 1 fully saturated rings. The molecule has 1 aliphatic heterocycles. The van der Waals surface area contributed by atoms with E-state index in [0.29, 0.717) is 32.1 Å². The molecule has 3 rings (SSSR count). The zero-order chi connectivity index (χ0) is 19.4. The number of para-hydroxylation sites is 1. The van der Waals surface area contributed by atoms with E-state index in [1.54, 1.807) is 11.3 Å². The van der Waals surface area contributed by atoms with Crippen LogP contribution in [0.1, 0.15) is 18.9 Å². The molecule has 1 aliphatic rings. The maximum absolute atomic E-state index is 12.6. The van der Waals surface area contributed by atoms with E-state index in [-0.39, 0.29) is 11.9 Å². The number of carbonyl (C=O) groups is 1. The van der Waals surface area contributed by atoms with Gasteiger partial charge in [0.05, 0.1) is 29.4 Å². The summed E-state index contributed by atoms with van der Waals surface area (Å²) in [5, 5.41) is 10.4. The lowest BCUT2D eigenvalue weighted by atomic mass is 10.0. The Morgan fingerprint density at radius 3 is 2.63 bits per heavy atom. The number of aromatic nitrogens is 1. The normalized spacial score (nSPS) is 16.8. The van der Waals surface area contributed by atoms with Crippen molar-refractivity contribution in [2.45, 2.75) is 26.4 Å². The van der Waals surface area contributed by atoms with Crippen molar-refractivity contribution < 1.29 is 4.79 Å². The van der Waals surface area contributed by atoms with Crippen molar-refractivity contribution in [1.82, 2.24) is 19.7 Å². The summed E-state index contributed by atoms with van der Waals surface area (Å²) in [7, 11) is 1.96. The molecule has 2 heterocycles. The quantitative estimate of drug-likeness (QED) is 0.764. The van der Waals surface area contributed by atoms with Crippen LogP contribution in [0.2, 0.25) is 0 Å². The average molecular weight is 386 g/mol. The molecule has 6 nitrogen and oxygen atoms in total. The first-order valence-electron chi connectivity index (χ1n) is 9.42. The second kappa shape index (κ2) is 8.79. The molecule has 0 spiro atoms. The van der Waals surface area contributed by atoms with Crippen LogP contribution in [-0.2, 0) is 11.3 Å². The minimum atomic E-state index is -0.0658. The van der Waals surface area contributed by atoms with Crippen molar-refractivity contribution in [2.24, 2.45) is 5.92 Å². The highest BCUT2D eigenvalue weighted by Crippen LogP contribution is 2.22. The number of thiazole rings is 1. The van der Waals surface area contributed by atoms with E-state index in [0.717, 1.165) is 23.6 Å². The summed E-state index contributed by atoms with van der Waals surface area (Å²) in [5.74, 6) is 0.452. The first-order chi connectivity index (χ1) is 13.0. The van der Waals surface area contributed by atoms with Gasteiger partial charge in [-0.15, -0.1) is 11.3 Å². The van der Waals surface area contributed by atoms with Crippen molar-refractivity contribution in [1.29, 1.82) is 5.26 Å². The Hall–Kier alpha value is -2.01. The molecular weight excluding hydrogens is 358 g/mol. The monoisotopic (exact) mass is 385 g/mol. The van der Waals surface area contributed by atoms with E-state index in [1.807, 2.05) is 35.0 Å². The molecule has 27 heavy (non-hydrogen) atoms. The number of rotatable bonds is 6. The number of carbonyl (C=O) groups excluding carboxylic acids is 1. The minimum absolute atomic E-state index is 0.0658. The Labute approximate surface area is 165 Å². The van der Waals surface area contributed by atoms with Crippen LogP contribution in [0.4, 0.5) is 0 Å². The van der Waals surface area contributed by atoms with Gasteiger partial charge in [-0.05, 0) is 25.1 Å². The van der Waals surface area contributed by atoms with Gasteiger partial charge in [0.15, 0.2) is 0 Å². The second-order valence-electron chi connectivity index (χ2n) is 7.48. The second-order valence-corrected chi connectivity index (χ2v) is 8.60.